The standard InChI is InChI=1S/C23H31N2O4P/c1-4-18-8-12-20(13-9-18)28-30(27,29-21-14-10-19(5-2)11-15-21)17(3)25-23(26)22-7-6-16-24-22/h8-15,17,22,24H,4-7,16H2,1-3H3,(H,25,26)/t17?,22-/m0/s1. The average Bonchev–Trinajstić information content (AvgIpc) is 3.30. The van der Waals surface area contributed by atoms with Gasteiger partial charge in [-0.15, -0.1) is 0 Å². The molecule has 0 aliphatic carbocycles. The Hall–Kier alpha value is -2.30. The fourth-order valence-electron chi connectivity index (χ4n) is 3.34. The lowest BCUT2D eigenvalue weighted by Crippen LogP contribution is -2.45. The summed E-state index contributed by atoms with van der Waals surface area (Å²) in [5, 5.41) is 5.99. The maximum Gasteiger partial charge on any atom is 0.452 e. The van der Waals surface area contributed by atoms with Gasteiger partial charge in [0, 0.05) is 0 Å². The van der Waals surface area contributed by atoms with Crippen molar-refractivity contribution in [3.63, 3.8) is 0 Å². The van der Waals surface area contributed by atoms with E-state index < -0.39 is 13.4 Å². The van der Waals surface area contributed by atoms with Gasteiger partial charge in [-0.3, -0.25) is 4.79 Å². The third kappa shape index (κ3) is 5.65. The summed E-state index contributed by atoms with van der Waals surface area (Å²) in [6, 6.07) is 14.6. The topological polar surface area (TPSA) is 76.7 Å². The first kappa shape index (κ1) is 22.4. The summed E-state index contributed by atoms with van der Waals surface area (Å²) in [7, 11) is -3.76. The van der Waals surface area contributed by atoms with Crippen LogP contribution in [0.15, 0.2) is 48.5 Å². The van der Waals surface area contributed by atoms with Gasteiger partial charge in [0.25, 0.3) is 0 Å². The maximum atomic E-state index is 13.8. The van der Waals surface area contributed by atoms with E-state index in [0.29, 0.717) is 11.5 Å². The molecule has 0 saturated carbocycles. The van der Waals surface area contributed by atoms with Crippen LogP contribution in [-0.2, 0) is 22.2 Å². The third-order valence-electron chi connectivity index (χ3n) is 5.33. The zero-order chi connectivity index (χ0) is 21.6. The zero-order valence-corrected chi connectivity index (χ0v) is 18.8. The first-order chi connectivity index (χ1) is 14.4. The lowest BCUT2D eigenvalue weighted by atomic mass is 10.2. The number of hydrogen-bond acceptors (Lipinski definition) is 5. The van der Waals surface area contributed by atoms with Gasteiger partial charge in [0.2, 0.25) is 5.91 Å². The Morgan fingerprint density at radius 2 is 1.53 bits per heavy atom. The van der Waals surface area contributed by atoms with Crippen LogP contribution in [-0.4, -0.2) is 24.3 Å². The van der Waals surface area contributed by atoms with E-state index in [1.54, 1.807) is 31.2 Å². The molecule has 0 radical (unpaired) electrons. The van der Waals surface area contributed by atoms with E-state index in [4.69, 9.17) is 9.05 Å². The fraction of sp³-hybridized carbons (Fsp3) is 0.435. The van der Waals surface area contributed by atoms with Crippen molar-refractivity contribution in [3.05, 3.63) is 59.7 Å². The van der Waals surface area contributed by atoms with Crippen LogP contribution in [0.25, 0.3) is 0 Å². The number of nitrogens with one attached hydrogen (secondary N) is 2. The molecule has 1 heterocycles. The molecule has 0 aromatic heterocycles. The molecule has 2 N–H and O–H groups in total. The van der Waals surface area contributed by atoms with Crippen LogP contribution in [0.3, 0.4) is 0 Å². The van der Waals surface area contributed by atoms with Gasteiger partial charge in [0.1, 0.15) is 11.5 Å². The molecule has 0 bridgehead atoms. The van der Waals surface area contributed by atoms with Crippen LogP contribution in [0.4, 0.5) is 0 Å². The first-order valence-corrected chi connectivity index (χ1v) is 12.2. The van der Waals surface area contributed by atoms with Gasteiger partial charge in [-0.25, -0.2) is 4.57 Å². The number of benzene rings is 2. The van der Waals surface area contributed by atoms with Gasteiger partial charge < -0.3 is 19.7 Å². The monoisotopic (exact) mass is 430 g/mol. The van der Waals surface area contributed by atoms with Gasteiger partial charge in [0.15, 0.2) is 5.78 Å². The zero-order valence-electron chi connectivity index (χ0n) is 17.9. The number of rotatable bonds is 9. The summed E-state index contributed by atoms with van der Waals surface area (Å²) in [6.07, 6.45) is 3.52. The number of aryl methyl sites for hydroxylation is 2. The van der Waals surface area contributed by atoms with Crippen molar-refractivity contribution in [2.75, 3.05) is 6.54 Å². The Kier molecular flexibility index (Phi) is 7.57. The van der Waals surface area contributed by atoms with Crippen LogP contribution in [0, 0.1) is 0 Å². The van der Waals surface area contributed by atoms with Crippen molar-refractivity contribution in [1.82, 2.24) is 10.6 Å². The number of carbonyl (C=O) groups excluding carboxylic acids is 1. The predicted molar refractivity (Wildman–Crippen MR) is 119 cm³/mol. The highest BCUT2D eigenvalue weighted by Crippen LogP contribution is 2.52. The second-order valence-corrected chi connectivity index (χ2v) is 9.77. The largest absolute Gasteiger partial charge is 0.452 e. The van der Waals surface area contributed by atoms with Gasteiger partial charge in [-0.2, -0.15) is 0 Å². The number of amides is 1. The summed E-state index contributed by atoms with van der Waals surface area (Å²) < 4.78 is 25.6. The molecule has 3 rings (SSSR count). The first-order valence-electron chi connectivity index (χ1n) is 10.6. The van der Waals surface area contributed by atoms with E-state index in [1.165, 1.54) is 0 Å². The highest BCUT2D eigenvalue weighted by atomic mass is 31.2. The van der Waals surface area contributed by atoms with E-state index >= 15 is 0 Å². The summed E-state index contributed by atoms with van der Waals surface area (Å²) in [6.45, 7) is 6.61. The van der Waals surface area contributed by atoms with Crippen molar-refractivity contribution in [1.29, 1.82) is 0 Å². The van der Waals surface area contributed by atoms with Crippen LogP contribution in [0.2, 0.25) is 0 Å². The Bertz CT molecular complexity index is 824. The van der Waals surface area contributed by atoms with E-state index in [0.717, 1.165) is 43.4 Å². The Morgan fingerprint density at radius 1 is 1.03 bits per heavy atom. The minimum atomic E-state index is -3.76. The summed E-state index contributed by atoms with van der Waals surface area (Å²) >= 11 is 0. The molecule has 1 amide bonds. The summed E-state index contributed by atoms with van der Waals surface area (Å²) in [5.41, 5.74) is 2.31. The summed E-state index contributed by atoms with van der Waals surface area (Å²) in [5.74, 6) is -0.110. The molecule has 2 atom stereocenters. The molecule has 1 aliphatic heterocycles. The molecule has 1 saturated heterocycles. The molecular weight excluding hydrogens is 399 g/mol. The van der Waals surface area contributed by atoms with Gasteiger partial charge >= 0.3 is 7.60 Å². The summed E-state index contributed by atoms with van der Waals surface area (Å²) in [4.78, 5) is 12.6. The van der Waals surface area contributed by atoms with Gasteiger partial charge in [-0.1, -0.05) is 38.1 Å². The molecule has 2 aromatic rings. The van der Waals surface area contributed by atoms with Crippen LogP contribution in [0.5, 0.6) is 11.5 Å². The van der Waals surface area contributed by atoms with Crippen LogP contribution < -0.4 is 19.7 Å². The number of carbonyl (C=O) groups is 1. The molecule has 30 heavy (non-hydrogen) atoms. The molecule has 1 fully saturated rings. The average molecular weight is 430 g/mol. The van der Waals surface area contributed by atoms with E-state index in [-0.39, 0.29) is 11.9 Å². The smallest absolute Gasteiger partial charge is 0.415 e. The van der Waals surface area contributed by atoms with Crippen molar-refractivity contribution in [2.45, 2.75) is 58.3 Å². The Morgan fingerprint density at radius 3 is 1.93 bits per heavy atom. The second-order valence-electron chi connectivity index (χ2n) is 7.55. The highest BCUT2D eigenvalue weighted by Gasteiger charge is 2.38. The highest BCUT2D eigenvalue weighted by molar-refractivity contribution is 7.55. The lowest BCUT2D eigenvalue weighted by Gasteiger charge is -2.26. The molecule has 2 aromatic carbocycles. The van der Waals surface area contributed by atoms with Crippen molar-refractivity contribution >= 4 is 13.5 Å². The predicted octanol–water partition coefficient (Wildman–Crippen LogP) is 4.68. The number of hydrogen-bond donors (Lipinski definition) is 2. The SMILES string of the molecule is CCc1ccc(OP(=O)(Oc2ccc(CC)cc2)C(C)NC(=O)[C@@H]2CCCN2)cc1. The Labute approximate surface area is 178 Å². The van der Waals surface area contributed by atoms with Crippen molar-refractivity contribution in [2.24, 2.45) is 0 Å². The maximum absolute atomic E-state index is 13.8. The van der Waals surface area contributed by atoms with Gasteiger partial charge in [-0.05, 0) is 74.5 Å². The quantitative estimate of drug-likeness (QED) is 0.565. The second kappa shape index (κ2) is 10.1. The molecule has 162 valence electrons. The van der Waals surface area contributed by atoms with Gasteiger partial charge in [0.05, 0.1) is 6.04 Å². The molecule has 1 unspecified atom stereocenters. The molecule has 0 spiro atoms. The molecule has 7 heteroatoms. The minimum absolute atomic E-state index is 0.185. The third-order valence-corrected chi connectivity index (χ3v) is 7.34. The van der Waals surface area contributed by atoms with Crippen molar-refractivity contribution < 1.29 is 18.4 Å². The fourth-order valence-corrected chi connectivity index (χ4v) is 4.81. The lowest BCUT2D eigenvalue weighted by molar-refractivity contribution is -0.123. The van der Waals surface area contributed by atoms with Crippen molar-refractivity contribution in [3.8, 4) is 11.5 Å². The van der Waals surface area contributed by atoms with E-state index in [1.807, 2.05) is 24.3 Å². The Balaban J connectivity index is 1.81. The minimum Gasteiger partial charge on any atom is -0.415 e. The molecule has 6 nitrogen and oxygen atoms in total. The normalized spacial score (nSPS) is 17.4. The van der Waals surface area contributed by atoms with E-state index in [2.05, 4.69) is 24.5 Å². The molecule has 1 aliphatic rings. The van der Waals surface area contributed by atoms with Crippen LogP contribution in [0.1, 0.15) is 44.7 Å². The van der Waals surface area contributed by atoms with E-state index in [9.17, 15) is 9.36 Å². The van der Waals surface area contributed by atoms with Crippen LogP contribution >= 0.6 is 7.60 Å². The molecular formula is C23H31N2O4P.